The zero-order valence-corrected chi connectivity index (χ0v) is 9.71. The second kappa shape index (κ2) is 4.06. The zero-order chi connectivity index (χ0) is 14.5. The van der Waals surface area contributed by atoms with Crippen molar-refractivity contribution in [2.45, 2.75) is 22.1 Å². The van der Waals surface area contributed by atoms with Crippen molar-refractivity contribution in [1.29, 1.82) is 0 Å². The van der Waals surface area contributed by atoms with Gasteiger partial charge in [-0.25, -0.2) is 0 Å². The van der Waals surface area contributed by atoms with Gasteiger partial charge in [-0.05, 0) is 12.1 Å². The van der Waals surface area contributed by atoms with Gasteiger partial charge >= 0.3 is 12.4 Å². The van der Waals surface area contributed by atoms with E-state index in [4.69, 9.17) is 0 Å². The SMILES string of the molecule is O=C1NC(C(F)(F)F)(C(F)(F)F)Sc2ccccc21. The summed E-state index contributed by atoms with van der Waals surface area (Å²) in [5.41, 5.74) is -0.211. The highest BCUT2D eigenvalue weighted by molar-refractivity contribution is 8.01. The molecule has 1 heterocycles. The molecule has 1 aliphatic heterocycles. The molecule has 9 heteroatoms. The summed E-state index contributed by atoms with van der Waals surface area (Å²) in [6.07, 6.45) is -11.3. The van der Waals surface area contributed by atoms with Crippen LogP contribution in [0.5, 0.6) is 0 Å². The van der Waals surface area contributed by atoms with Crippen LogP contribution in [-0.2, 0) is 0 Å². The normalized spacial score (nSPS) is 18.7. The van der Waals surface area contributed by atoms with Crippen LogP contribution >= 0.6 is 11.8 Å². The number of carbonyl (C=O) groups is 1. The highest BCUT2D eigenvalue weighted by atomic mass is 32.2. The van der Waals surface area contributed by atoms with Gasteiger partial charge in [-0.1, -0.05) is 23.9 Å². The van der Waals surface area contributed by atoms with Crippen LogP contribution in [0, 0.1) is 0 Å². The van der Waals surface area contributed by atoms with Crippen molar-refractivity contribution >= 4 is 17.7 Å². The molecule has 0 bridgehead atoms. The van der Waals surface area contributed by atoms with E-state index in [0.717, 1.165) is 17.4 Å². The number of nitrogens with one attached hydrogen (secondary N) is 1. The van der Waals surface area contributed by atoms with Gasteiger partial charge in [0.25, 0.3) is 10.8 Å². The highest BCUT2D eigenvalue weighted by Gasteiger charge is 2.74. The number of hydrogen-bond donors (Lipinski definition) is 1. The zero-order valence-electron chi connectivity index (χ0n) is 8.89. The van der Waals surface area contributed by atoms with E-state index in [1.807, 2.05) is 0 Å². The summed E-state index contributed by atoms with van der Waals surface area (Å²) in [6, 6.07) is 4.83. The summed E-state index contributed by atoms with van der Waals surface area (Å²) < 4.78 is 76.8. The molecule has 0 spiro atoms. The second-order valence-electron chi connectivity index (χ2n) is 3.73. The number of thioether (sulfide) groups is 1. The summed E-state index contributed by atoms with van der Waals surface area (Å²) in [4.78, 5) is 6.80. The molecular weight excluding hydrogens is 296 g/mol. The van der Waals surface area contributed by atoms with E-state index in [1.54, 1.807) is 0 Å². The van der Waals surface area contributed by atoms with E-state index in [2.05, 4.69) is 0 Å². The van der Waals surface area contributed by atoms with Gasteiger partial charge in [-0.15, -0.1) is 0 Å². The van der Waals surface area contributed by atoms with Crippen molar-refractivity contribution in [3.8, 4) is 0 Å². The third kappa shape index (κ3) is 2.05. The Bertz CT molecular complexity index is 509. The first kappa shape index (κ1) is 14.0. The second-order valence-corrected chi connectivity index (χ2v) is 4.99. The van der Waals surface area contributed by atoms with Crippen LogP contribution < -0.4 is 5.32 Å². The molecule has 2 nitrogen and oxygen atoms in total. The van der Waals surface area contributed by atoms with Crippen LogP contribution in [0.1, 0.15) is 10.4 Å². The smallest absolute Gasteiger partial charge is 0.322 e. The monoisotopic (exact) mass is 301 g/mol. The van der Waals surface area contributed by atoms with E-state index in [-0.39, 0.29) is 10.5 Å². The molecule has 2 rings (SSSR count). The molecule has 0 fully saturated rings. The lowest BCUT2D eigenvalue weighted by molar-refractivity contribution is -0.270. The third-order valence-corrected chi connectivity index (χ3v) is 3.93. The molecule has 0 aliphatic carbocycles. The summed E-state index contributed by atoms with van der Waals surface area (Å²) in [5, 5.41) is 1.04. The Kier molecular flexibility index (Phi) is 3.00. The summed E-state index contributed by atoms with van der Waals surface area (Å²) in [6.45, 7) is 0. The standard InChI is InChI=1S/C10H5F6NOS/c11-9(12,13)8(10(14,15)16)17-7(18)5-3-1-2-4-6(5)19-8/h1-4H,(H,17,18). The Morgan fingerprint density at radius 2 is 1.53 bits per heavy atom. The Labute approximate surface area is 107 Å². The first-order valence-electron chi connectivity index (χ1n) is 4.82. The molecule has 1 aliphatic rings. The largest absolute Gasteiger partial charge is 0.430 e. The maximum Gasteiger partial charge on any atom is 0.430 e. The van der Waals surface area contributed by atoms with Gasteiger partial charge in [0.1, 0.15) is 0 Å². The molecule has 1 aromatic carbocycles. The van der Waals surface area contributed by atoms with Crippen LogP contribution in [-0.4, -0.2) is 23.1 Å². The van der Waals surface area contributed by atoms with Crippen molar-refractivity contribution in [1.82, 2.24) is 5.32 Å². The van der Waals surface area contributed by atoms with Crippen molar-refractivity contribution in [3.63, 3.8) is 0 Å². The molecule has 1 N–H and O–H groups in total. The van der Waals surface area contributed by atoms with Crippen LogP contribution in [0.15, 0.2) is 29.2 Å². The van der Waals surface area contributed by atoms with Crippen LogP contribution in [0.3, 0.4) is 0 Å². The molecule has 104 valence electrons. The minimum Gasteiger partial charge on any atom is -0.322 e. The van der Waals surface area contributed by atoms with E-state index >= 15 is 0 Å². The van der Waals surface area contributed by atoms with Gasteiger partial charge in [-0.2, -0.15) is 26.3 Å². The van der Waals surface area contributed by atoms with E-state index in [1.165, 1.54) is 12.1 Å². The van der Waals surface area contributed by atoms with Crippen molar-refractivity contribution in [2.75, 3.05) is 0 Å². The van der Waals surface area contributed by atoms with E-state index in [0.29, 0.717) is 0 Å². The average molecular weight is 301 g/mol. The van der Waals surface area contributed by atoms with Crippen molar-refractivity contribution < 1.29 is 31.1 Å². The first-order chi connectivity index (χ1) is 8.58. The summed E-state index contributed by atoms with van der Waals surface area (Å²) in [7, 11) is 0. The fourth-order valence-electron chi connectivity index (χ4n) is 1.58. The predicted octanol–water partition coefficient (Wildman–Crippen LogP) is 3.34. The minimum absolute atomic E-state index is 0.211. The summed E-state index contributed by atoms with van der Waals surface area (Å²) >= 11 is -0.460. The lowest BCUT2D eigenvalue weighted by Gasteiger charge is -2.40. The van der Waals surface area contributed by atoms with Gasteiger partial charge in [0.2, 0.25) is 0 Å². The number of rotatable bonds is 0. The first-order valence-corrected chi connectivity index (χ1v) is 5.64. The maximum atomic E-state index is 12.8. The number of hydrogen-bond acceptors (Lipinski definition) is 2. The Morgan fingerprint density at radius 3 is 2.05 bits per heavy atom. The minimum atomic E-state index is -5.67. The number of benzene rings is 1. The van der Waals surface area contributed by atoms with Gasteiger partial charge in [0.15, 0.2) is 0 Å². The molecule has 1 aromatic rings. The molecule has 0 saturated heterocycles. The number of halogens is 6. The number of alkyl halides is 6. The van der Waals surface area contributed by atoms with E-state index < -0.39 is 34.9 Å². The fourth-order valence-corrected chi connectivity index (χ4v) is 2.70. The van der Waals surface area contributed by atoms with E-state index in [9.17, 15) is 31.1 Å². The van der Waals surface area contributed by atoms with Crippen LogP contribution in [0.4, 0.5) is 26.3 Å². The van der Waals surface area contributed by atoms with Gasteiger partial charge in [0, 0.05) is 4.90 Å². The van der Waals surface area contributed by atoms with Gasteiger partial charge in [0.05, 0.1) is 5.56 Å². The maximum absolute atomic E-state index is 12.8. The quantitative estimate of drug-likeness (QED) is 0.745. The number of amides is 1. The lowest BCUT2D eigenvalue weighted by Crippen LogP contribution is -2.66. The molecule has 1 amide bonds. The van der Waals surface area contributed by atoms with Crippen molar-refractivity contribution in [2.24, 2.45) is 0 Å². The molecule has 19 heavy (non-hydrogen) atoms. The number of fused-ring (bicyclic) bond motifs is 1. The fraction of sp³-hybridized carbons (Fsp3) is 0.300. The highest BCUT2D eigenvalue weighted by Crippen LogP contribution is 2.55. The van der Waals surface area contributed by atoms with Gasteiger partial charge in [-0.3, -0.25) is 4.79 Å². The molecular formula is C10H5F6NOS. The Hall–Kier alpha value is -1.38. The molecule has 0 radical (unpaired) electrons. The topological polar surface area (TPSA) is 29.1 Å². The Balaban J connectivity index is 2.60. The predicted molar refractivity (Wildman–Crippen MR) is 54.6 cm³/mol. The van der Waals surface area contributed by atoms with Crippen molar-refractivity contribution in [3.05, 3.63) is 29.8 Å². The van der Waals surface area contributed by atoms with Crippen LogP contribution in [0.25, 0.3) is 0 Å². The number of carbonyl (C=O) groups excluding carboxylic acids is 1. The average Bonchev–Trinajstić information content (AvgIpc) is 2.26. The molecule has 0 unspecified atom stereocenters. The van der Waals surface area contributed by atoms with Crippen LogP contribution in [0.2, 0.25) is 0 Å². The lowest BCUT2D eigenvalue weighted by atomic mass is 10.1. The van der Waals surface area contributed by atoms with Gasteiger partial charge < -0.3 is 5.32 Å². The molecule has 0 saturated carbocycles. The third-order valence-electron chi connectivity index (χ3n) is 2.48. The summed E-state index contributed by atoms with van der Waals surface area (Å²) in [5.74, 6) is -1.40. The molecule has 0 atom stereocenters. The Morgan fingerprint density at radius 1 is 1.00 bits per heavy atom. The molecule has 0 aromatic heterocycles.